The van der Waals surface area contributed by atoms with Gasteiger partial charge in [0.2, 0.25) is 0 Å². The summed E-state index contributed by atoms with van der Waals surface area (Å²) in [5, 5.41) is 11.8. The molecule has 0 bridgehead atoms. The molecule has 0 aromatic heterocycles. The van der Waals surface area contributed by atoms with Crippen LogP contribution in [-0.4, -0.2) is 40.2 Å². The monoisotopic (exact) mass is 468 g/mol. The number of carbonyl (C=O) groups excluding carboxylic acids is 2. The van der Waals surface area contributed by atoms with Gasteiger partial charge in [0, 0.05) is 43.1 Å². The van der Waals surface area contributed by atoms with E-state index in [9.17, 15) is 19.7 Å². The number of Topliss-reactive ketones (excluding diaryl/α,β-unsaturated/α-hetero) is 1. The largest absolute Gasteiger partial charge is 0.484 e. The number of ether oxygens (including phenoxy) is 1. The third-order valence-electron chi connectivity index (χ3n) is 5.46. The van der Waals surface area contributed by atoms with Crippen molar-refractivity contribution in [2.24, 2.45) is 0 Å². The number of amides is 1. The molecule has 2 aromatic carbocycles. The molecule has 0 radical (unpaired) electrons. The van der Waals surface area contributed by atoms with Crippen LogP contribution < -0.4 is 4.74 Å². The smallest absolute Gasteiger partial charge is 0.270 e. The number of nitrogens with zero attached hydrogens (tertiary/aromatic N) is 2. The Morgan fingerprint density at radius 3 is 2.47 bits per heavy atom. The molecule has 1 fully saturated rings. The van der Waals surface area contributed by atoms with Crippen LogP contribution in [-0.2, 0) is 0 Å². The van der Waals surface area contributed by atoms with Crippen molar-refractivity contribution in [3.8, 4) is 5.75 Å². The summed E-state index contributed by atoms with van der Waals surface area (Å²) in [5.74, 6) is -0.188. The van der Waals surface area contributed by atoms with Crippen molar-refractivity contribution in [3.05, 3.63) is 66.6 Å². The first-order valence-corrected chi connectivity index (χ1v) is 10.3. The Labute approximate surface area is 186 Å². The third-order valence-corrected chi connectivity index (χ3v) is 6.29. The number of likely N-dealkylation sites (tertiary alicyclic amines) is 1. The van der Waals surface area contributed by atoms with E-state index in [1.54, 1.807) is 11.0 Å². The number of hydrogen-bond donors (Lipinski definition) is 0. The highest BCUT2D eigenvalue weighted by molar-refractivity contribution is 6.36. The molecule has 7 nitrogen and oxygen atoms in total. The molecule has 0 saturated carbocycles. The van der Waals surface area contributed by atoms with E-state index >= 15 is 0 Å². The van der Waals surface area contributed by atoms with Crippen LogP contribution in [0.1, 0.15) is 40.0 Å². The first-order valence-electron chi connectivity index (χ1n) is 9.14. The average molecular weight is 470 g/mol. The molecule has 2 aliphatic heterocycles. The molecule has 1 saturated heterocycles. The maximum Gasteiger partial charge on any atom is 0.270 e. The maximum absolute atomic E-state index is 12.9. The summed E-state index contributed by atoms with van der Waals surface area (Å²) in [6, 6.07) is 6.83. The topological polar surface area (TPSA) is 89.8 Å². The number of non-ortho nitro benzene ring substituents is 1. The van der Waals surface area contributed by atoms with Crippen LogP contribution in [0.4, 0.5) is 5.69 Å². The Balaban J connectivity index is 1.53. The van der Waals surface area contributed by atoms with Gasteiger partial charge in [-0.25, -0.2) is 0 Å². The second-order valence-electron chi connectivity index (χ2n) is 7.36. The Kier molecular flexibility index (Phi) is 5.38. The van der Waals surface area contributed by atoms with E-state index < -0.39 is 16.4 Å². The van der Waals surface area contributed by atoms with Gasteiger partial charge in [0.1, 0.15) is 11.4 Å². The highest BCUT2D eigenvalue weighted by Gasteiger charge is 2.44. The third kappa shape index (κ3) is 3.73. The lowest BCUT2D eigenvalue weighted by Crippen LogP contribution is -2.52. The fraction of sp³-hybridized carbons (Fsp3) is 0.300. The first kappa shape index (κ1) is 20.9. The van der Waals surface area contributed by atoms with E-state index in [-0.39, 0.29) is 33.5 Å². The van der Waals surface area contributed by atoms with Crippen molar-refractivity contribution in [2.75, 3.05) is 13.1 Å². The predicted molar refractivity (Wildman–Crippen MR) is 112 cm³/mol. The van der Waals surface area contributed by atoms with Crippen LogP contribution in [0.3, 0.4) is 0 Å². The molecule has 30 heavy (non-hydrogen) atoms. The molecule has 2 heterocycles. The van der Waals surface area contributed by atoms with Gasteiger partial charge in [-0.1, -0.05) is 34.8 Å². The van der Waals surface area contributed by atoms with Gasteiger partial charge in [0.15, 0.2) is 5.78 Å². The molecular formula is C20H15Cl3N2O5. The van der Waals surface area contributed by atoms with Gasteiger partial charge in [-0.3, -0.25) is 19.7 Å². The Bertz CT molecular complexity index is 1080. The Hall–Kier alpha value is -2.35. The number of halogens is 3. The molecule has 2 aliphatic rings. The zero-order chi connectivity index (χ0) is 21.6. The van der Waals surface area contributed by atoms with Gasteiger partial charge in [0.25, 0.3) is 11.6 Å². The van der Waals surface area contributed by atoms with Crippen LogP contribution in [0.2, 0.25) is 15.1 Å². The minimum Gasteiger partial charge on any atom is -0.484 e. The second kappa shape index (κ2) is 7.72. The summed E-state index contributed by atoms with van der Waals surface area (Å²) in [4.78, 5) is 37.6. The minimum absolute atomic E-state index is 0.0745. The first-order chi connectivity index (χ1) is 14.2. The SMILES string of the molecule is O=C1CC2(CCN(C(=O)c3cc([N+](=O)[O-])ccc3Cl)CC2)Oc2c(Cl)cc(Cl)cc21. The lowest BCUT2D eigenvalue weighted by molar-refractivity contribution is -0.384. The summed E-state index contributed by atoms with van der Waals surface area (Å²) in [6.07, 6.45) is 0.987. The number of carbonyl (C=O) groups is 2. The van der Waals surface area contributed by atoms with Crippen LogP contribution in [0.25, 0.3) is 0 Å². The van der Waals surface area contributed by atoms with Gasteiger partial charge in [-0.2, -0.15) is 0 Å². The van der Waals surface area contributed by atoms with Gasteiger partial charge in [0.05, 0.1) is 32.5 Å². The van der Waals surface area contributed by atoms with E-state index in [0.29, 0.717) is 42.3 Å². The summed E-state index contributed by atoms with van der Waals surface area (Å²) >= 11 is 18.3. The van der Waals surface area contributed by atoms with E-state index in [0.717, 1.165) is 0 Å². The Morgan fingerprint density at radius 2 is 1.80 bits per heavy atom. The average Bonchev–Trinajstić information content (AvgIpc) is 2.69. The fourth-order valence-corrected chi connectivity index (χ4v) is 4.60. The molecule has 0 N–H and O–H groups in total. The highest BCUT2D eigenvalue weighted by Crippen LogP contribution is 2.44. The Morgan fingerprint density at radius 1 is 1.10 bits per heavy atom. The van der Waals surface area contributed by atoms with Crippen molar-refractivity contribution < 1.29 is 19.2 Å². The molecule has 1 amide bonds. The number of nitro benzene ring substituents is 1. The number of piperidine rings is 1. The number of fused-ring (bicyclic) bond motifs is 1. The summed E-state index contributed by atoms with van der Waals surface area (Å²) in [5.41, 5.74) is -0.530. The summed E-state index contributed by atoms with van der Waals surface area (Å²) in [6.45, 7) is 0.622. The van der Waals surface area contributed by atoms with E-state index in [1.165, 1.54) is 24.3 Å². The predicted octanol–water partition coefficient (Wildman–Crippen LogP) is 5.20. The summed E-state index contributed by atoms with van der Waals surface area (Å²) < 4.78 is 6.16. The normalized spacial score (nSPS) is 17.4. The molecule has 156 valence electrons. The van der Waals surface area contributed by atoms with E-state index in [4.69, 9.17) is 39.5 Å². The highest BCUT2D eigenvalue weighted by atomic mass is 35.5. The standard InChI is InChI=1S/C20H15Cl3N2O5/c21-11-7-14-17(26)10-20(30-18(14)16(23)8-11)3-5-24(6-4-20)19(27)13-9-12(25(28)29)1-2-15(13)22/h1-2,7-9H,3-6,10H2. The lowest BCUT2D eigenvalue weighted by Gasteiger charge is -2.44. The molecular weight excluding hydrogens is 455 g/mol. The molecule has 1 spiro atoms. The van der Waals surface area contributed by atoms with Crippen molar-refractivity contribution in [1.29, 1.82) is 0 Å². The van der Waals surface area contributed by atoms with Crippen LogP contribution >= 0.6 is 34.8 Å². The quantitative estimate of drug-likeness (QED) is 0.446. The molecule has 0 atom stereocenters. The zero-order valence-corrected chi connectivity index (χ0v) is 17.8. The molecule has 0 unspecified atom stereocenters. The lowest BCUT2D eigenvalue weighted by atomic mass is 9.82. The van der Waals surface area contributed by atoms with Gasteiger partial charge < -0.3 is 9.64 Å². The van der Waals surface area contributed by atoms with Crippen molar-refractivity contribution in [1.82, 2.24) is 4.90 Å². The molecule has 10 heteroatoms. The number of ketones is 1. The minimum atomic E-state index is -0.759. The number of hydrogen-bond acceptors (Lipinski definition) is 5. The van der Waals surface area contributed by atoms with Crippen LogP contribution in [0.15, 0.2) is 30.3 Å². The molecule has 4 rings (SSSR count). The fourth-order valence-electron chi connectivity index (χ4n) is 3.87. The number of benzene rings is 2. The van der Waals surface area contributed by atoms with Crippen molar-refractivity contribution in [3.63, 3.8) is 0 Å². The number of nitro groups is 1. The van der Waals surface area contributed by atoms with E-state index in [2.05, 4.69) is 0 Å². The van der Waals surface area contributed by atoms with Crippen molar-refractivity contribution >= 4 is 52.2 Å². The second-order valence-corrected chi connectivity index (χ2v) is 8.61. The van der Waals surface area contributed by atoms with E-state index in [1.807, 2.05) is 0 Å². The van der Waals surface area contributed by atoms with Crippen molar-refractivity contribution in [2.45, 2.75) is 24.9 Å². The number of rotatable bonds is 2. The zero-order valence-electron chi connectivity index (χ0n) is 15.5. The van der Waals surface area contributed by atoms with Crippen LogP contribution in [0, 0.1) is 10.1 Å². The maximum atomic E-state index is 12.9. The van der Waals surface area contributed by atoms with Gasteiger partial charge >= 0.3 is 0 Å². The van der Waals surface area contributed by atoms with Crippen LogP contribution in [0.5, 0.6) is 5.75 Å². The van der Waals surface area contributed by atoms with Gasteiger partial charge in [-0.05, 0) is 18.2 Å². The van der Waals surface area contributed by atoms with Gasteiger partial charge in [-0.15, -0.1) is 0 Å². The molecule has 0 aliphatic carbocycles. The molecule has 2 aromatic rings. The summed E-state index contributed by atoms with van der Waals surface area (Å²) in [7, 11) is 0.